The van der Waals surface area contributed by atoms with Crippen LogP contribution in [0.15, 0.2) is 17.5 Å². The van der Waals surface area contributed by atoms with Crippen LogP contribution in [0.3, 0.4) is 0 Å². The Morgan fingerprint density at radius 3 is 2.38 bits per heavy atom. The summed E-state index contributed by atoms with van der Waals surface area (Å²) in [5.74, 6) is -1.23. The molecule has 1 heterocycles. The second-order valence-corrected chi connectivity index (χ2v) is 5.83. The first kappa shape index (κ1) is 15.2. The van der Waals surface area contributed by atoms with Crippen molar-refractivity contribution in [1.29, 1.82) is 0 Å². The molecule has 2 aromatic rings. The van der Waals surface area contributed by atoms with E-state index in [0.29, 0.717) is 10.6 Å². The van der Waals surface area contributed by atoms with E-state index in [-0.39, 0.29) is 18.1 Å². The number of carboxylic acid groups (broad SMARTS) is 1. The standard InChI is InChI=1S/C15H16N2O3S/c1-8-4-9(2)13(10(3)5-8)14(18)16-6-12-17-11(7-21-12)15(19)20/h4-5,7H,6H2,1-3H3,(H,16,18)(H,19,20). The van der Waals surface area contributed by atoms with Crippen molar-refractivity contribution >= 4 is 23.2 Å². The molecular weight excluding hydrogens is 288 g/mol. The van der Waals surface area contributed by atoms with Crippen LogP contribution in [0.4, 0.5) is 0 Å². The second-order valence-electron chi connectivity index (χ2n) is 4.89. The molecule has 6 heteroatoms. The number of benzene rings is 1. The molecule has 1 amide bonds. The van der Waals surface area contributed by atoms with Crippen molar-refractivity contribution in [2.75, 3.05) is 0 Å². The third-order valence-corrected chi connectivity index (χ3v) is 3.92. The number of rotatable bonds is 4. The van der Waals surface area contributed by atoms with E-state index in [4.69, 9.17) is 5.11 Å². The first-order valence-electron chi connectivity index (χ1n) is 6.42. The maximum Gasteiger partial charge on any atom is 0.355 e. The third-order valence-electron chi connectivity index (χ3n) is 3.08. The van der Waals surface area contributed by atoms with Gasteiger partial charge in [-0.3, -0.25) is 4.79 Å². The molecule has 0 aliphatic rings. The fourth-order valence-corrected chi connectivity index (χ4v) is 2.98. The number of aromatic carboxylic acids is 1. The molecule has 1 aromatic carbocycles. The zero-order chi connectivity index (χ0) is 15.6. The molecule has 5 nitrogen and oxygen atoms in total. The van der Waals surface area contributed by atoms with E-state index in [1.165, 1.54) is 16.7 Å². The Hall–Kier alpha value is -2.21. The van der Waals surface area contributed by atoms with Crippen molar-refractivity contribution in [3.05, 3.63) is 50.5 Å². The summed E-state index contributed by atoms with van der Waals surface area (Å²) in [6, 6.07) is 3.93. The van der Waals surface area contributed by atoms with E-state index < -0.39 is 5.97 Å². The summed E-state index contributed by atoms with van der Waals surface area (Å²) in [7, 11) is 0. The molecule has 0 radical (unpaired) electrons. The number of carbonyl (C=O) groups excluding carboxylic acids is 1. The van der Waals surface area contributed by atoms with Crippen molar-refractivity contribution in [2.45, 2.75) is 27.3 Å². The van der Waals surface area contributed by atoms with Crippen LogP contribution in [0.5, 0.6) is 0 Å². The zero-order valence-electron chi connectivity index (χ0n) is 12.1. The Morgan fingerprint density at radius 1 is 1.24 bits per heavy atom. The number of hydrogen-bond acceptors (Lipinski definition) is 4. The molecule has 0 saturated carbocycles. The Labute approximate surface area is 126 Å². The van der Waals surface area contributed by atoms with E-state index in [9.17, 15) is 9.59 Å². The number of nitrogens with zero attached hydrogens (tertiary/aromatic N) is 1. The lowest BCUT2D eigenvalue weighted by atomic mass is 9.99. The van der Waals surface area contributed by atoms with Crippen LogP contribution in [-0.4, -0.2) is 22.0 Å². The third kappa shape index (κ3) is 3.46. The highest BCUT2D eigenvalue weighted by Gasteiger charge is 2.14. The number of carboxylic acids is 1. The average molecular weight is 304 g/mol. The quantitative estimate of drug-likeness (QED) is 0.910. The van der Waals surface area contributed by atoms with Crippen LogP contribution >= 0.6 is 11.3 Å². The van der Waals surface area contributed by atoms with Gasteiger partial charge in [-0.25, -0.2) is 9.78 Å². The number of nitrogens with one attached hydrogen (secondary N) is 1. The van der Waals surface area contributed by atoms with Gasteiger partial charge in [-0.1, -0.05) is 17.7 Å². The molecule has 0 spiro atoms. The minimum atomic E-state index is -1.06. The van der Waals surface area contributed by atoms with E-state index in [1.54, 1.807) is 0 Å². The molecule has 0 aliphatic carbocycles. The maximum atomic E-state index is 12.3. The first-order chi connectivity index (χ1) is 9.88. The normalized spacial score (nSPS) is 10.4. The summed E-state index contributed by atoms with van der Waals surface area (Å²) >= 11 is 1.22. The number of carbonyl (C=O) groups is 2. The van der Waals surface area contributed by atoms with Crippen molar-refractivity contribution in [1.82, 2.24) is 10.3 Å². The van der Waals surface area contributed by atoms with Crippen LogP contribution < -0.4 is 5.32 Å². The SMILES string of the molecule is Cc1cc(C)c(C(=O)NCc2nc(C(=O)O)cs2)c(C)c1. The topological polar surface area (TPSA) is 79.3 Å². The Morgan fingerprint density at radius 2 is 1.86 bits per heavy atom. The smallest absolute Gasteiger partial charge is 0.355 e. The molecule has 2 N–H and O–H groups in total. The first-order valence-corrected chi connectivity index (χ1v) is 7.30. The van der Waals surface area contributed by atoms with Crippen molar-refractivity contribution in [3.63, 3.8) is 0 Å². The van der Waals surface area contributed by atoms with E-state index in [2.05, 4.69) is 10.3 Å². The minimum absolute atomic E-state index is 0.00643. The lowest BCUT2D eigenvalue weighted by Gasteiger charge is -2.11. The average Bonchev–Trinajstić information content (AvgIpc) is 2.84. The summed E-state index contributed by atoms with van der Waals surface area (Å²) < 4.78 is 0. The van der Waals surface area contributed by atoms with Crippen molar-refractivity contribution in [3.8, 4) is 0 Å². The van der Waals surface area contributed by atoms with Gasteiger partial charge in [-0.2, -0.15) is 0 Å². The van der Waals surface area contributed by atoms with Crippen LogP contribution in [0.2, 0.25) is 0 Å². The highest BCUT2D eigenvalue weighted by molar-refractivity contribution is 7.09. The highest BCUT2D eigenvalue weighted by atomic mass is 32.1. The molecule has 0 bridgehead atoms. The molecule has 1 aromatic heterocycles. The molecule has 0 aliphatic heterocycles. The highest BCUT2D eigenvalue weighted by Crippen LogP contribution is 2.17. The number of aromatic nitrogens is 1. The number of amides is 1. The molecule has 0 saturated heterocycles. The van der Waals surface area contributed by atoms with E-state index >= 15 is 0 Å². The van der Waals surface area contributed by atoms with Crippen LogP contribution in [0.1, 0.15) is 42.5 Å². The Balaban J connectivity index is 2.10. The van der Waals surface area contributed by atoms with Gasteiger partial charge < -0.3 is 10.4 Å². The summed E-state index contributed by atoms with van der Waals surface area (Å²) in [5, 5.41) is 13.6. The molecular formula is C15H16N2O3S. The summed E-state index contributed by atoms with van der Waals surface area (Å²) in [5.41, 5.74) is 3.64. The van der Waals surface area contributed by atoms with E-state index in [1.807, 2.05) is 32.9 Å². The fraction of sp³-hybridized carbons (Fsp3) is 0.267. The van der Waals surface area contributed by atoms with Crippen LogP contribution in [0.25, 0.3) is 0 Å². The van der Waals surface area contributed by atoms with Gasteiger partial charge in [-0.15, -0.1) is 11.3 Å². The van der Waals surface area contributed by atoms with Gasteiger partial charge >= 0.3 is 5.97 Å². The van der Waals surface area contributed by atoms with Gasteiger partial charge in [-0.05, 0) is 31.9 Å². The molecule has 21 heavy (non-hydrogen) atoms. The van der Waals surface area contributed by atoms with Crippen molar-refractivity contribution < 1.29 is 14.7 Å². The lowest BCUT2D eigenvalue weighted by molar-refractivity contribution is 0.0691. The number of aryl methyl sites for hydroxylation is 3. The maximum absolute atomic E-state index is 12.3. The second kappa shape index (κ2) is 6.05. The van der Waals surface area contributed by atoms with Gasteiger partial charge in [0.2, 0.25) is 0 Å². The Bertz CT molecular complexity index is 684. The molecule has 0 fully saturated rings. The van der Waals surface area contributed by atoms with Crippen molar-refractivity contribution in [2.24, 2.45) is 0 Å². The summed E-state index contributed by atoms with van der Waals surface area (Å²) in [6.45, 7) is 6.02. The predicted molar refractivity (Wildman–Crippen MR) is 80.9 cm³/mol. The molecule has 0 unspecified atom stereocenters. The van der Waals surface area contributed by atoms with E-state index in [0.717, 1.165) is 16.7 Å². The van der Waals surface area contributed by atoms with Gasteiger partial charge in [0, 0.05) is 10.9 Å². The summed E-state index contributed by atoms with van der Waals surface area (Å²) in [6.07, 6.45) is 0. The molecule has 110 valence electrons. The minimum Gasteiger partial charge on any atom is -0.476 e. The zero-order valence-corrected chi connectivity index (χ0v) is 12.9. The van der Waals surface area contributed by atoms with Gasteiger partial charge in [0.05, 0.1) is 6.54 Å². The van der Waals surface area contributed by atoms with Gasteiger partial charge in [0.15, 0.2) is 5.69 Å². The summed E-state index contributed by atoms with van der Waals surface area (Å²) in [4.78, 5) is 27.0. The van der Waals surface area contributed by atoms with Crippen LogP contribution in [-0.2, 0) is 6.54 Å². The van der Waals surface area contributed by atoms with Gasteiger partial charge in [0.25, 0.3) is 5.91 Å². The Kier molecular flexibility index (Phi) is 4.37. The molecule has 0 atom stereocenters. The number of hydrogen-bond donors (Lipinski definition) is 2. The van der Waals surface area contributed by atoms with Gasteiger partial charge in [0.1, 0.15) is 5.01 Å². The number of thiazole rings is 1. The lowest BCUT2D eigenvalue weighted by Crippen LogP contribution is -2.24. The van der Waals surface area contributed by atoms with Crippen LogP contribution in [0, 0.1) is 20.8 Å². The predicted octanol–water partition coefficient (Wildman–Crippen LogP) is 2.70. The fourth-order valence-electron chi connectivity index (χ4n) is 2.27. The monoisotopic (exact) mass is 304 g/mol. The molecule has 2 rings (SSSR count). The largest absolute Gasteiger partial charge is 0.476 e.